The Balaban J connectivity index is 2.66. The van der Waals surface area contributed by atoms with Gasteiger partial charge in [-0.1, -0.05) is 252 Å². The zero-order valence-electron chi connectivity index (χ0n) is 50.7. The van der Waals surface area contributed by atoms with E-state index in [0.717, 1.165) is 128 Å². The first-order chi connectivity index (χ1) is 39.2. The maximum absolute atomic E-state index is 13.5. The fourth-order valence-electron chi connectivity index (χ4n) is 9.40. The maximum Gasteiger partial charge on any atom is 0.306 e. The largest absolute Gasteiger partial charge is 0.454 e. The fraction of sp³-hybridized carbons (Fsp3) is 0.710. The van der Waals surface area contributed by atoms with Crippen LogP contribution in [0.25, 0.3) is 0 Å². The van der Waals surface area contributed by atoms with Gasteiger partial charge < -0.3 is 45.1 Å². The van der Waals surface area contributed by atoms with E-state index in [2.05, 4.69) is 123 Å². The van der Waals surface area contributed by atoms with Crippen molar-refractivity contribution < 1.29 is 49.3 Å². The molecule has 1 aliphatic rings. The number of nitrogens with one attached hydrogen (secondary N) is 1. The standard InChI is InChI=1S/C69H117NO10/c1-4-7-10-13-16-19-22-25-27-28-29-30-31-32-33-34-35-36-38-41-44-47-50-53-56-62(73)68(77)70-60(61(72)55-52-49-46-43-40-37-24-21-18-15-12-9-6-3)59-78-69-67(66(76)65(75)63(58-71)79-69)80-64(74)57-54-51-48-45-42-39-26-23-20-17-14-11-8-5-2/h7-8,10-11,16-17,19-20,25-27,29-30,32-33,39,52,55,60-63,65-67,69,71-73,75-76H,4-6,9,12-15,18,21-24,28,31,34-38,40-51,53-54,56-59H2,1-3H3,(H,70,77)/b10-7-,11-8+,19-16-,20-17+,27-25-,30-29-,33-32-,39-26+,55-52+. The van der Waals surface area contributed by atoms with Crippen molar-refractivity contribution in [3.05, 3.63) is 109 Å². The average molecular weight is 1120 g/mol. The summed E-state index contributed by atoms with van der Waals surface area (Å²) in [6, 6.07) is -1.04. The zero-order valence-corrected chi connectivity index (χ0v) is 50.7. The normalized spacial score (nSPS) is 19.5. The van der Waals surface area contributed by atoms with Gasteiger partial charge in [0.05, 0.1) is 25.4 Å². The molecule has 11 heteroatoms. The Kier molecular flexibility index (Phi) is 51.9. The molecular formula is C69H117NO10. The van der Waals surface area contributed by atoms with Gasteiger partial charge in [-0.15, -0.1) is 0 Å². The highest BCUT2D eigenvalue weighted by molar-refractivity contribution is 5.80. The molecule has 0 spiro atoms. The summed E-state index contributed by atoms with van der Waals surface area (Å²) >= 11 is 0. The second-order valence-corrected chi connectivity index (χ2v) is 21.7. The van der Waals surface area contributed by atoms with Crippen LogP contribution < -0.4 is 5.32 Å². The van der Waals surface area contributed by atoms with E-state index in [0.29, 0.717) is 12.8 Å². The molecule has 8 atom stereocenters. The number of allylic oxidation sites excluding steroid dienone is 17. The molecular weight excluding hydrogens is 1000 g/mol. The smallest absolute Gasteiger partial charge is 0.306 e. The average Bonchev–Trinajstić information content (AvgIpc) is 3.51. The van der Waals surface area contributed by atoms with Gasteiger partial charge in [-0.05, 0) is 103 Å². The maximum atomic E-state index is 13.5. The third-order valence-corrected chi connectivity index (χ3v) is 14.4. The Morgan fingerprint density at radius 2 is 0.900 bits per heavy atom. The van der Waals surface area contributed by atoms with Gasteiger partial charge in [-0.2, -0.15) is 0 Å². The first-order valence-electron chi connectivity index (χ1n) is 32.2. The van der Waals surface area contributed by atoms with Crippen LogP contribution in [0.3, 0.4) is 0 Å². The number of unbranched alkanes of at least 4 members (excludes halogenated alkanes) is 23. The third kappa shape index (κ3) is 43.1. The van der Waals surface area contributed by atoms with E-state index >= 15 is 0 Å². The lowest BCUT2D eigenvalue weighted by atomic mass is 9.99. The molecule has 1 rings (SSSR count). The van der Waals surface area contributed by atoms with Crippen LogP contribution in [0.1, 0.15) is 252 Å². The highest BCUT2D eigenvalue weighted by Gasteiger charge is 2.47. The summed E-state index contributed by atoms with van der Waals surface area (Å²) < 4.78 is 17.6. The SMILES string of the molecule is CC/C=C\C/C=C\C/C=C\C/C=C\C/C=C\CCCCCCCCCCC(O)C(=O)NC(COC1OC(CO)C(O)C(O)C1OC(=O)CCCCCC/C=C/C/C=C/C/C=C/CC)C(O)/C=C/CCCCCCCCCCCCC. The van der Waals surface area contributed by atoms with E-state index < -0.39 is 67.4 Å². The number of carbonyl (C=O) groups excluding carboxylic acids is 2. The summed E-state index contributed by atoms with van der Waals surface area (Å²) in [7, 11) is 0. The summed E-state index contributed by atoms with van der Waals surface area (Å²) in [4.78, 5) is 26.6. The van der Waals surface area contributed by atoms with Crippen molar-refractivity contribution in [2.45, 2.75) is 301 Å². The van der Waals surface area contributed by atoms with Crippen LogP contribution in [0.4, 0.5) is 0 Å². The van der Waals surface area contributed by atoms with Gasteiger partial charge in [0, 0.05) is 6.42 Å². The molecule has 6 N–H and O–H groups in total. The van der Waals surface area contributed by atoms with Crippen LogP contribution >= 0.6 is 0 Å². The molecule has 0 aliphatic carbocycles. The molecule has 1 aliphatic heterocycles. The lowest BCUT2D eigenvalue weighted by molar-refractivity contribution is -0.305. The lowest BCUT2D eigenvalue weighted by Gasteiger charge is -2.41. The number of aliphatic hydroxyl groups is 5. The van der Waals surface area contributed by atoms with E-state index in [1.165, 1.54) is 77.0 Å². The van der Waals surface area contributed by atoms with Crippen LogP contribution in [0.5, 0.6) is 0 Å². The Hall–Kier alpha value is -3.68. The van der Waals surface area contributed by atoms with E-state index in [4.69, 9.17) is 14.2 Å². The number of ether oxygens (including phenoxy) is 3. The van der Waals surface area contributed by atoms with Crippen LogP contribution in [0.15, 0.2) is 109 Å². The number of hydrogen-bond acceptors (Lipinski definition) is 10. The summed E-state index contributed by atoms with van der Waals surface area (Å²) in [6.45, 7) is 5.54. The van der Waals surface area contributed by atoms with E-state index in [1.807, 2.05) is 6.08 Å². The van der Waals surface area contributed by atoms with E-state index in [1.54, 1.807) is 6.08 Å². The molecule has 0 bridgehead atoms. The number of carbonyl (C=O) groups is 2. The second kappa shape index (κ2) is 55.8. The highest BCUT2D eigenvalue weighted by Crippen LogP contribution is 2.26. The number of hydrogen-bond donors (Lipinski definition) is 6. The van der Waals surface area contributed by atoms with Crippen LogP contribution in [-0.2, 0) is 23.8 Å². The van der Waals surface area contributed by atoms with Gasteiger partial charge in [0.2, 0.25) is 5.91 Å². The van der Waals surface area contributed by atoms with Gasteiger partial charge in [0.15, 0.2) is 12.4 Å². The van der Waals surface area contributed by atoms with Gasteiger partial charge in [-0.25, -0.2) is 0 Å². The summed E-state index contributed by atoms with van der Waals surface area (Å²) in [6.07, 6.45) is 65.5. The van der Waals surface area contributed by atoms with Gasteiger partial charge in [-0.3, -0.25) is 9.59 Å². The highest BCUT2D eigenvalue weighted by atomic mass is 16.7. The van der Waals surface area contributed by atoms with Crippen molar-refractivity contribution in [3.8, 4) is 0 Å². The topological polar surface area (TPSA) is 175 Å². The second-order valence-electron chi connectivity index (χ2n) is 21.7. The van der Waals surface area contributed by atoms with Crippen LogP contribution in [-0.4, -0.2) is 99.6 Å². The van der Waals surface area contributed by atoms with Gasteiger partial charge in [0.1, 0.15) is 24.4 Å². The molecule has 458 valence electrons. The van der Waals surface area contributed by atoms with E-state index in [-0.39, 0.29) is 19.4 Å². The van der Waals surface area contributed by atoms with Crippen molar-refractivity contribution in [2.24, 2.45) is 0 Å². The van der Waals surface area contributed by atoms with Crippen molar-refractivity contribution >= 4 is 11.9 Å². The van der Waals surface area contributed by atoms with Crippen molar-refractivity contribution in [1.29, 1.82) is 0 Å². The Bertz CT molecular complexity index is 1710. The molecule has 1 heterocycles. The Morgan fingerprint density at radius 3 is 1.35 bits per heavy atom. The van der Waals surface area contributed by atoms with E-state index in [9.17, 15) is 35.1 Å². The molecule has 1 amide bonds. The van der Waals surface area contributed by atoms with Gasteiger partial charge >= 0.3 is 5.97 Å². The van der Waals surface area contributed by atoms with Crippen LogP contribution in [0.2, 0.25) is 0 Å². The molecule has 0 aromatic rings. The Labute approximate surface area is 488 Å². The molecule has 0 aromatic heterocycles. The molecule has 1 fully saturated rings. The number of rotatable bonds is 53. The molecule has 80 heavy (non-hydrogen) atoms. The minimum atomic E-state index is -1.63. The molecule has 0 saturated carbocycles. The first kappa shape index (κ1) is 74.3. The third-order valence-electron chi connectivity index (χ3n) is 14.4. The fourth-order valence-corrected chi connectivity index (χ4v) is 9.40. The van der Waals surface area contributed by atoms with Crippen LogP contribution in [0, 0.1) is 0 Å². The zero-order chi connectivity index (χ0) is 58.2. The Morgan fingerprint density at radius 1 is 0.500 bits per heavy atom. The minimum absolute atomic E-state index is 0.0920. The molecule has 8 unspecified atom stereocenters. The van der Waals surface area contributed by atoms with Crippen molar-refractivity contribution in [1.82, 2.24) is 5.32 Å². The quantitative estimate of drug-likeness (QED) is 0.0195. The number of esters is 1. The molecule has 11 nitrogen and oxygen atoms in total. The predicted molar refractivity (Wildman–Crippen MR) is 333 cm³/mol. The minimum Gasteiger partial charge on any atom is -0.454 e. The molecule has 0 radical (unpaired) electrons. The monoisotopic (exact) mass is 1120 g/mol. The van der Waals surface area contributed by atoms with Crippen molar-refractivity contribution in [2.75, 3.05) is 13.2 Å². The van der Waals surface area contributed by atoms with Crippen molar-refractivity contribution in [3.63, 3.8) is 0 Å². The van der Waals surface area contributed by atoms with Gasteiger partial charge in [0.25, 0.3) is 0 Å². The molecule has 0 aromatic carbocycles. The predicted octanol–water partition coefficient (Wildman–Crippen LogP) is 15.7. The number of aliphatic hydroxyl groups excluding tert-OH is 5. The summed E-state index contributed by atoms with van der Waals surface area (Å²) in [5, 5.41) is 57.0. The molecule has 1 saturated heterocycles. The first-order valence-corrected chi connectivity index (χ1v) is 32.2. The summed E-state index contributed by atoms with van der Waals surface area (Å²) in [5.74, 6) is -1.23. The lowest BCUT2D eigenvalue weighted by Crippen LogP contribution is -2.61. The number of amides is 1. The summed E-state index contributed by atoms with van der Waals surface area (Å²) in [5.41, 5.74) is 0.